The van der Waals surface area contributed by atoms with Crippen molar-refractivity contribution in [3.8, 4) is 0 Å². The van der Waals surface area contributed by atoms with Crippen molar-refractivity contribution in [3.63, 3.8) is 0 Å². The van der Waals surface area contributed by atoms with Crippen LogP contribution in [0.2, 0.25) is 0 Å². The van der Waals surface area contributed by atoms with Crippen LogP contribution in [0.4, 0.5) is 0 Å². The van der Waals surface area contributed by atoms with E-state index in [1.165, 1.54) is 38.8 Å². The highest BCUT2D eigenvalue weighted by molar-refractivity contribution is 7.98. The molecule has 2 saturated heterocycles. The summed E-state index contributed by atoms with van der Waals surface area (Å²) in [6.45, 7) is 4.93. The van der Waals surface area contributed by atoms with Crippen LogP contribution in [0.3, 0.4) is 0 Å². The number of nitrogens with zero attached hydrogens (tertiary/aromatic N) is 2. The molecule has 1 aliphatic carbocycles. The van der Waals surface area contributed by atoms with Crippen LogP contribution in [-0.2, 0) is 22.4 Å². The first-order chi connectivity index (χ1) is 14.2. The Morgan fingerprint density at radius 1 is 1.14 bits per heavy atom. The zero-order chi connectivity index (χ0) is 20.1. The standard InChI is InChI=1S/C24H36N2O2S/c1-29-14-10-24(27)26(18-23-7-4-13-28-23)17-19-8-11-25(12-9-19)22-15-20-5-2-3-6-21(20)16-22/h2-3,5-6,19,22-23H,4,7-18H2,1H3/t23-/m0/s1. The number of fused-ring (bicyclic) bond motifs is 1. The Hall–Kier alpha value is -1.04. The molecule has 29 heavy (non-hydrogen) atoms. The average molecular weight is 417 g/mol. The quantitative estimate of drug-likeness (QED) is 0.648. The number of hydrogen-bond donors (Lipinski definition) is 0. The maximum Gasteiger partial charge on any atom is 0.223 e. The summed E-state index contributed by atoms with van der Waals surface area (Å²) in [7, 11) is 0. The number of rotatable bonds is 8. The summed E-state index contributed by atoms with van der Waals surface area (Å²) in [5.74, 6) is 1.87. The molecule has 4 nitrogen and oxygen atoms in total. The lowest BCUT2D eigenvalue weighted by molar-refractivity contribution is -0.133. The Balaban J connectivity index is 1.27. The Bertz CT molecular complexity index is 644. The van der Waals surface area contributed by atoms with Gasteiger partial charge in [0, 0.05) is 37.9 Å². The minimum Gasteiger partial charge on any atom is -0.376 e. The van der Waals surface area contributed by atoms with Crippen LogP contribution in [0.25, 0.3) is 0 Å². The van der Waals surface area contributed by atoms with Crippen molar-refractivity contribution < 1.29 is 9.53 Å². The molecule has 1 aromatic carbocycles. The molecule has 0 aromatic heterocycles. The number of likely N-dealkylation sites (tertiary alicyclic amines) is 1. The molecule has 1 amide bonds. The lowest BCUT2D eigenvalue weighted by Crippen LogP contribution is -2.46. The summed E-state index contributed by atoms with van der Waals surface area (Å²) < 4.78 is 5.84. The van der Waals surface area contributed by atoms with Crippen LogP contribution in [0, 0.1) is 5.92 Å². The number of carbonyl (C=O) groups is 1. The minimum atomic E-state index is 0.255. The second kappa shape index (κ2) is 10.3. The molecule has 0 radical (unpaired) electrons. The van der Waals surface area contributed by atoms with Crippen LogP contribution in [0.15, 0.2) is 24.3 Å². The molecule has 0 N–H and O–H groups in total. The van der Waals surface area contributed by atoms with E-state index in [-0.39, 0.29) is 6.10 Å². The topological polar surface area (TPSA) is 32.8 Å². The van der Waals surface area contributed by atoms with Crippen molar-refractivity contribution >= 4 is 17.7 Å². The van der Waals surface area contributed by atoms with Crippen molar-refractivity contribution in [2.24, 2.45) is 5.92 Å². The first-order valence-electron chi connectivity index (χ1n) is 11.4. The highest BCUT2D eigenvalue weighted by Crippen LogP contribution is 2.29. The molecule has 160 valence electrons. The van der Waals surface area contributed by atoms with Gasteiger partial charge in [0.25, 0.3) is 0 Å². The number of benzene rings is 1. The lowest BCUT2D eigenvalue weighted by atomic mass is 9.94. The highest BCUT2D eigenvalue weighted by Gasteiger charge is 2.31. The molecule has 2 heterocycles. The molecular weight excluding hydrogens is 380 g/mol. The number of hydrogen-bond acceptors (Lipinski definition) is 4. The third-order valence-electron chi connectivity index (χ3n) is 6.99. The summed E-state index contributed by atoms with van der Waals surface area (Å²) >= 11 is 1.76. The molecule has 0 bridgehead atoms. The third-order valence-corrected chi connectivity index (χ3v) is 7.61. The van der Waals surface area contributed by atoms with Crippen molar-refractivity contribution in [1.29, 1.82) is 0 Å². The molecule has 1 atom stereocenters. The van der Waals surface area contributed by atoms with E-state index in [2.05, 4.69) is 40.3 Å². The number of piperidine rings is 1. The van der Waals surface area contributed by atoms with Gasteiger partial charge in [-0.05, 0) is 74.9 Å². The number of thioether (sulfide) groups is 1. The van der Waals surface area contributed by atoms with Gasteiger partial charge in [-0.2, -0.15) is 11.8 Å². The van der Waals surface area contributed by atoms with Gasteiger partial charge < -0.3 is 9.64 Å². The molecule has 0 saturated carbocycles. The summed E-state index contributed by atoms with van der Waals surface area (Å²) in [6.07, 6.45) is 10.1. The third kappa shape index (κ3) is 5.56. The first kappa shape index (κ1) is 21.2. The zero-order valence-corrected chi connectivity index (χ0v) is 18.7. The Labute approximate surface area is 180 Å². The highest BCUT2D eigenvalue weighted by atomic mass is 32.2. The van der Waals surface area contributed by atoms with Gasteiger partial charge in [-0.15, -0.1) is 0 Å². The van der Waals surface area contributed by atoms with Gasteiger partial charge in [0.1, 0.15) is 0 Å². The fraction of sp³-hybridized carbons (Fsp3) is 0.708. The van der Waals surface area contributed by atoms with Gasteiger partial charge in [0.15, 0.2) is 0 Å². The van der Waals surface area contributed by atoms with Crippen molar-refractivity contribution in [2.45, 2.75) is 57.1 Å². The maximum absolute atomic E-state index is 12.8. The smallest absolute Gasteiger partial charge is 0.223 e. The molecular formula is C24H36N2O2S. The molecule has 3 aliphatic rings. The Morgan fingerprint density at radius 3 is 2.48 bits per heavy atom. The second-order valence-electron chi connectivity index (χ2n) is 8.99. The van der Waals surface area contributed by atoms with Crippen LogP contribution in [0.1, 0.15) is 43.2 Å². The number of carbonyl (C=O) groups excluding carboxylic acids is 1. The van der Waals surface area contributed by atoms with E-state index in [0.29, 0.717) is 24.3 Å². The first-order valence-corrected chi connectivity index (χ1v) is 12.8. The SMILES string of the molecule is CSCCC(=O)N(CC1CCN(C2Cc3ccccc3C2)CC1)C[C@@H]1CCCO1. The molecule has 0 unspecified atom stereocenters. The average Bonchev–Trinajstić information content (AvgIpc) is 3.41. The van der Waals surface area contributed by atoms with Crippen molar-refractivity contribution in [2.75, 3.05) is 44.8 Å². The van der Waals surface area contributed by atoms with Gasteiger partial charge in [-0.1, -0.05) is 24.3 Å². The minimum absolute atomic E-state index is 0.255. The van der Waals surface area contributed by atoms with Crippen LogP contribution in [0.5, 0.6) is 0 Å². The van der Waals surface area contributed by atoms with Gasteiger partial charge in [0.2, 0.25) is 5.91 Å². The molecule has 5 heteroatoms. The second-order valence-corrected chi connectivity index (χ2v) is 9.97. The molecule has 4 rings (SSSR count). The maximum atomic E-state index is 12.8. The fourth-order valence-electron chi connectivity index (χ4n) is 5.27. The van der Waals surface area contributed by atoms with Gasteiger partial charge >= 0.3 is 0 Å². The Kier molecular flexibility index (Phi) is 7.54. The van der Waals surface area contributed by atoms with E-state index in [0.717, 1.165) is 38.3 Å². The normalized spacial score (nSPS) is 23.4. The van der Waals surface area contributed by atoms with E-state index in [9.17, 15) is 4.79 Å². The van der Waals surface area contributed by atoms with Crippen molar-refractivity contribution in [3.05, 3.63) is 35.4 Å². The largest absolute Gasteiger partial charge is 0.376 e. The molecule has 2 fully saturated rings. The predicted molar refractivity (Wildman–Crippen MR) is 120 cm³/mol. The van der Waals surface area contributed by atoms with E-state index in [4.69, 9.17) is 4.74 Å². The van der Waals surface area contributed by atoms with Gasteiger partial charge in [-0.3, -0.25) is 9.69 Å². The summed E-state index contributed by atoms with van der Waals surface area (Å²) in [6, 6.07) is 9.62. The fourth-order valence-corrected chi connectivity index (χ4v) is 5.64. The van der Waals surface area contributed by atoms with Gasteiger partial charge in [-0.25, -0.2) is 0 Å². The summed E-state index contributed by atoms with van der Waals surface area (Å²) in [5, 5.41) is 0. The van der Waals surface area contributed by atoms with Gasteiger partial charge in [0.05, 0.1) is 6.10 Å². The Morgan fingerprint density at radius 2 is 1.86 bits per heavy atom. The van der Waals surface area contributed by atoms with E-state index >= 15 is 0 Å². The van der Waals surface area contributed by atoms with Crippen LogP contribution in [-0.4, -0.2) is 72.6 Å². The number of amides is 1. The van der Waals surface area contributed by atoms with E-state index in [1.807, 2.05) is 0 Å². The van der Waals surface area contributed by atoms with Crippen molar-refractivity contribution in [1.82, 2.24) is 9.80 Å². The number of ether oxygens (including phenoxy) is 1. The zero-order valence-electron chi connectivity index (χ0n) is 17.9. The molecule has 0 spiro atoms. The molecule has 2 aliphatic heterocycles. The van der Waals surface area contributed by atoms with Crippen LogP contribution < -0.4 is 0 Å². The summed E-state index contributed by atoms with van der Waals surface area (Å²) in [5.41, 5.74) is 3.09. The molecule has 1 aromatic rings. The van der Waals surface area contributed by atoms with E-state index in [1.54, 1.807) is 22.9 Å². The monoisotopic (exact) mass is 416 g/mol. The summed E-state index contributed by atoms with van der Waals surface area (Å²) in [4.78, 5) is 17.7. The van der Waals surface area contributed by atoms with E-state index < -0.39 is 0 Å². The lowest BCUT2D eigenvalue weighted by Gasteiger charge is -2.38. The van der Waals surface area contributed by atoms with Crippen LogP contribution >= 0.6 is 11.8 Å². The predicted octanol–water partition coefficient (Wildman–Crippen LogP) is 3.63.